The molecule has 0 heterocycles. The van der Waals surface area contributed by atoms with E-state index in [1.54, 1.807) is 0 Å². The highest BCUT2D eigenvalue weighted by Gasteiger charge is 2.18. The summed E-state index contributed by atoms with van der Waals surface area (Å²) in [5, 5.41) is 3.59. The first-order chi connectivity index (χ1) is 8.21. The van der Waals surface area contributed by atoms with Crippen LogP contribution in [0.15, 0.2) is 18.2 Å². The van der Waals surface area contributed by atoms with Gasteiger partial charge in [0.05, 0.1) is 0 Å². The summed E-state index contributed by atoms with van der Waals surface area (Å²) in [6.07, 6.45) is 0. The number of nitrogens with one attached hydrogen (secondary N) is 1. The molecule has 0 atom stereocenters. The second kappa shape index (κ2) is 5.64. The molecule has 0 amide bonds. The highest BCUT2D eigenvalue weighted by Crippen LogP contribution is 2.32. The molecule has 18 heavy (non-hydrogen) atoms. The van der Waals surface area contributed by atoms with Crippen molar-refractivity contribution in [1.29, 1.82) is 0 Å². The van der Waals surface area contributed by atoms with Crippen LogP contribution in [-0.4, -0.2) is 20.6 Å². The van der Waals surface area contributed by atoms with E-state index in [0.29, 0.717) is 5.92 Å². The topological polar surface area (TPSA) is 15.3 Å². The Morgan fingerprint density at radius 1 is 1.17 bits per heavy atom. The lowest BCUT2D eigenvalue weighted by atomic mass is 9.85. The maximum atomic E-state index is 3.59. The first-order valence-electron chi connectivity index (χ1n) is 6.77. The van der Waals surface area contributed by atoms with Gasteiger partial charge in [0.15, 0.2) is 0 Å². The number of rotatable bonds is 4. The molecule has 0 aliphatic heterocycles. The van der Waals surface area contributed by atoms with E-state index in [0.717, 1.165) is 6.54 Å². The Morgan fingerprint density at radius 2 is 1.78 bits per heavy atom. The molecule has 0 aromatic heterocycles. The fourth-order valence-electron chi connectivity index (χ4n) is 1.92. The van der Waals surface area contributed by atoms with Crippen LogP contribution in [0.25, 0.3) is 0 Å². The van der Waals surface area contributed by atoms with Gasteiger partial charge in [0.2, 0.25) is 0 Å². The third-order valence-corrected chi connectivity index (χ3v) is 3.03. The third kappa shape index (κ3) is 3.94. The quantitative estimate of drug-likeness (QED) is 0.862. The van der Waals surface area contributed by atoms with Crippen molar-refractivity contribution in [2.45, 2.75) is 40.0 Å². The average Bonchev–Trinajstić information content (AvgIpc) is 2.24. The Morgan fingerprint density at radius 3 is 2.22 bits per heavy atom. The van der Waals surface area contributed by atoms with Gasteiger partial charge >= 0.3 is 0 Å². The van der Waals surface area contributed by atoms with Crippen molar-refractivity contribution in [3.05, 3.63) is 23.8 Å². The number of benzene rings is 1. The highest BCUT2D eigenvalue weighted by atomic mass is 15.1. The van der Waals surface area contributed by atoms with Crippen LogP contribution in [0.4, 0.5) is 11.4 Å². The van der Waals surface area contributed by atoms with Crippen LogP contribution in [0, 0.1) is 5.92 Å². The first-order valence-corrected chi connectivity index (χ1v) is 6.77. The molecule has 2 nitrogen and oxygen atoms in total. The zero-order chi connectivity index (χ0) is 13.9. The Labute approximate surface area is 112 Å². The van der Waals surface area contributed by atoms with E-state index in [1.165, 1.54) is 16.9 Å². The van der Waals surface area contributed by atoms with Crippen molar-refractivity contribution in [2.75, 3.05) is 30.9 Å². The summed E-state index contributed by atoms with van der Waals surface area (Å²) in [4.78, 5) is 2.15. The van der Waals surface area contributed by atoms with Gasteiger partial charge in [0.1, 0.15) is 0 Å². The van der Waals surface area contributed by atoms with Crippen LogP contribution in [-0.2, 0) is 5.41 Å². The van der Waals surface area contributed by atoms with E-state index in [9.17, 15) is 0 Å². The SMILES string of the molecule is CC(C)CNc1cc(N(C)C)ccc1C(C)(C)C. The maximum Gasteiger partial charge on any atom is 0.0398 e. The highest BCUT2D eigenvalue weighted by molar-refractivity contribution is 5.63. The van der Waals surface area contributed by atoms with Crippen LogP contribution in [0.3, 0.4) is 0 Å². The third-order valence-electron chi connectivity index (χ3n) is 3.03. The number of nitrogens with zero attached hydrogens (tertiary/aromatic N) is 1. The van der Waals surface area contributed by atoms with E-state index in [-0.39, 0.29) is 5.41 Å². The van der Waals surface area contributed by atoms with E-state index in [4.69, 9.17) is 0 Å². The molecule has 1 aromatic carbocycles. The van der Waals surface area contributed by atoms with Gasteiger partial charge in [0, 0.05) is 32.0 Å². The molecule has 1 aromatic rings. The number of anilines is 2. The van der Waals surface area contributed by atoms with Crippen molar-refractivity contribution < 1.29 is 0 Å². The van der Waals surface area contributed by atoms with Crippen molar-refractivity contribution in [2.24, 2.45) is 5.92 Å². The molecule has 0 aliphatic carbocycles. The Kier molecular flexibility index (Phi) is 4.66. The maximum absolute atomic E-state index is 3.59. The van der Waals surface area contributed by atoms with Crippen LogP contribution < -0.4 is 10.2 Å². The average molecular weight is 248 g/mol. The summed E-state index contributed by atoms with van der Waals surface area (Å²) in [5.41, 5.74) is 4.06. The summed E-state index contributed by atoms with van der Waals surface area (Å²) in [5.74, 6) is 0.654. The monoisotopic (exact) mass is 248 g/mol. The van der Waals surface area contributed by atoms with Gasteiger partial charge in [0.25, 0.3) is 0 Å². The summed E-state index contributed by atoms with van der Waals surface area (Å²) in [6.45, 7) is 12.3. The molecular weight excluding hydrogens is 220 g/mol. The molecule has 2 heteroatoms. The number of hydrogen-bond donors (Lipinski definition) is 1. The minimum absolute atomic E-state index is 0.171. The fraction of sp³-hybridized carbons (Fsp3) is 0.625. The van der Waals surface area contributed by atoms with Crippen LogP contribution in [0.5, 0.6) is 0 Å². The lowest BCUT2D eigenvalue weighted by molar-refractivity contribution is 0.590. The molecule has 0 saturated heterocycles. The van der Waals surface area contributed by atoms with Gasteiger partial charge in [-0.05, 0) is 29.0 Å². The van der Waals surface area contributed by atoms with E-state index >= 15 is 0 Å². The molecule has 102 valence electrons. The zero-order valence-corrected chi connectivity index (χ0v) is 13.0. The lowest BCUT2D eigenvalue weighted by Crippen LogP contribution is -2.18. The van der Waals surface area contributed by atoms with Crippen LogP contribution in [0.2, 0.25) is 0 Å². The minimum Gasteiger partial charge on any atom is -0.384 e. The molecule has 0 spiro atoms. The normalized spacial score (nSPS) is 11.8. The summed E-state index contributed by atoms with van der Waals surface area (Å²) in [6, 6.07) is 6.70. The first kappa shape index (κ1) is 14.9. The predicted molar refractivity (Wildman–Crippen MR) is 82.8 cm³/mol. The van der Waals surface area contributed by atoms with Crippen molar-refractivity contribution >= 4 is 11.4 Å². The summed E-state index contributed by atoms with van der Waals surface area (Å²) in [7, 11) is 4.16. The van der Waals surface area contributed by atoms with Gasteiger partial charge in [-0.2, -0.15) is 0 Å². The molecule has 1 N–H and O–H groups in total. The molecule has 0 unspecified atom stereocenters. The second-order valence-corrected chi connectivity index (χ2v) is 6.65. The fourth-order valence-corrected chi connectivity index (χ4v) is 1.92. The lowest BCUT2D eigenvalue weighted by Gasteiger charge is -2.26. The number of hydrogen-bond acceptors (Lipinski definition) is 2. The van der Waals surface area contributed by atoms with Gasteiger partial charge in [-0.3, -0.25) is 0 Å². The molecule has 0 bridgehead atoms. The smallest absolute Gasteiger partial charge is 0.0398 e. The van der Waals surface area contributed by atoms with Crippen molar-refractivity contribution in [3.8, 4) is 0 Å². The van der Waals surface area contributed by atoms with Crippen LogP contribution in [0.1, 0.15) is 40.2 Å². The van der Waals surface area contributed by atoms with E-state index in [2.05, 4.69) is 77.1 Å². The minimum atomic E-state index is 0.171. The summed E-state index contributed by atoms with van der Waals surface area (Å²) >= 11 is 0. The Bertz CT molecular complexity index is 387. The molecule has 1 rings (SSSR count). The van der Waals surface area contributed by atoms with Crippen molar-refractivity contribution in [3.63, 3.8) is 0 Å². The second-order valence-electron chi connectivity index (χ2n) is 6.65. The molecule has 0 radical (unpaired) electrons. The van der Waals surface area contributed by atoms with E-state index in [1.807, 2.05) is 0 Å². The van der Waals surface area contributed by atoms with Crippen molar-refractivity contribution in [1.82, 2.24) is 0 Å². The Hall–Kier alpha value is -1.18. The van der Waals surface area contributed by atoms with E-state index < -0.39 is 0 Å². The zero-order valence-electron chi connectivity index (χ0n) is 13.0. The molecule has 0 saturated carbocycles. The van der Waals surface area contributed by atoms with Gasteiger partial charge in [-0.15, -0.1) is 0 Å². The Balaban J connectivity index is 3.10. The summed E-state index contributed by atoms with van der Waals surface area (Å²) < 4.78 is 0. The molecular formula is C16H28N2. The largest absolute Gasteiger partial charge is 0.384 e. The van der Waals surface area contributed by atoms with Gasteiger partial charge in [-0.25, -0.2) is 0 Å². The molecule has 0 fully saturated rings. The predicted octanol–water partition coefficient (Wildman–Crippen LogP) is 4.12. The molecule has 0 aliphatic rings. The van der Waals surface area contributed by atoms with Crippen LogP contribution >= 0.6 is 0 Å². The van der Waals surface area contributed by atoms with Gasteiger partial charge < -0.3 is 10.2 Å². The standard InChI is InChI=1S/C16H28N2/c1-12(2)11-17-15-10-13(18(6)7)8-9-14(15)16(3,4)5/h8-10,12,17H,11H2,1-7H3. The van der Waals surface area contributed by atoms with Gasteiger partial charge in [-0.1, -0.05) is 40.7 Å².